The van der Waals surface area contributed by atoms with E-state index in [0.717, 1.165) is 0 Å². The van der Waals surface area contributed by atoms with E-state index >= 15 is 0 Å². The number of nitrogens with zero attached hydrogens (tertiary/aromatic N) is 3. The van der Waals surface area contributed by atoms with Crippen molar-refractivity contribution in [1.29, 1.82) is 0 Å². The molecule has 0 fully saturated rings. The van der Waals surface area contributed by atoms with Gasteiger partial charge in [0.15, 0.2) is 17.6 Å². The summed E-state index contributed by atoms with van der Waals surface area (Å²) in [5.74, 6) is 0.193. The number of hydrogen-bond acceptors (Lipinski definition) is 8. The number of aromatic amines is 1. The van der Waals surface area contributed by atoms with Crippen LogP contribution in [0.4, 0.5) is 5.82 Å². The van der Waals surface area contributed by atoms with E-state index in [1.807, 2.05) is 0 Å². The van der Waals surface area contributed by atoms with Crippen LogP contribution in [-0.2, 0) is 14.3 Å². The molecule has 2 aromatic heterocycles. The summed E-state index contributed by atoms with van der Waals surface area (Å²) in [6, 6.07) is 5.17. The van der Waals surface area contributed by atoms with Crippen molar-refractivity contribution in [2.45, 2.75) is 13.0 Å². The number of rotatable bonds is 7. The fraction of sp³-hybridized carbons (Fsp3) is 0.211. The van der Waals surface area contributed by atoms with E-state index in [4.69, 9.17) is 14.2 Å². The molecule has 1 aromatic carbocycles. The highest BCUT2D eigenvalue weighted by molar-refractivity contribution is 6.00. The van der Waals surface area contributed by atoms with Crippen molar-refractivity contribution in [3.8, 4) is 11.5 Å². The van der Waals surface area contributed by atoms with Crippen LogP contribution in [0.5, 0.6) is 11.5 Å². The predicted octanol–water partition coefficient (Wildman–Crippen LogP) is 1.95. The Balaban J connectivity index is 1.63. The minimum Gasteiger partial charge on any atom is -0.497 e. The summed E-state index contributed by atoms with van der Waals surface area (Å²) in [5.41, 5.74) is 1.52. The molecule has 0 aliphatic heterocycles. The zero-order valence-electron chi connectivity index (χ0n) is 16.0. The number of aromatic nitrogens is 4. The molecule has 1 unspecified atom stereocenters. The lowest BCUT2D eigenvalue weighted by atomic mass is 10.1. The lowest BCUT2D eigenvalue weighted by molar-refractivity contribution is -0.148. The van der Waals surface area contributed by atoms with Crippen LogP contribution in [0.2, 0.25) is 0 Å². The standard InChI is InChI=1S/C19H19N5O5/c1-11(19(26)24-18-16-17(21-9-20-16)22-10-23-18)29-15(25)7-4-12-8-13(27-2)5-6-14(12)28-3/h4-11H,1-3H3,(H2,20,21,22,23,24,26)/b7-4+. The molecule has 1 amide bonds. The number of hydrogen-bond donors (Lipinski definition) is 2. The molecule has 2 heterocycles. The Hall–Kier alpha value is -3.95. The zero-order valence-corrected chi connectivity index (χ0v) is 16.0. The molecule has 0 aliphatic rings. The Morgan fingerprint density at radius 2 is 2.00 bits per heavy atom. The van der Waals surface area contributed by atoms with Gasteiger partial charge in [-0.05, 0) is 31.2 Å². The number of amides is 1. The van der Waals surface area contributed by atoms with Crippen LogP contribution < -0.4 is 14.8 Å². The van der Waals surface area contributed by atoms with E-state index in [2.05, 4.69) is 25.3 Å². The van der Waals surface area contributed by atoms with Gasteiger partial charge < -0.3 is 24.5 Å². The molecular weight excluding hydrogens is 378 g/mol. The molecule has 0 bridgehead atoms. The van der Waals surface area contributed by atoms with Crippen LogP contribution in [0.25, 0.3) is 17.2 Å². The number of nitrogens with one attached hydrogen (secondary N) is 2. The minimum atomic E-state index is -1.05. The SMILES string of the molecule is COc1ccc(OC)c(/C=C/C(=O)OC(C)C(=O)Nc2ncnc3nc[nH]c23)c1. The second-order valence-corrected chi connectivity index (χ2v) is 5.83. The fourth-order valence-corrected chi connectivity index (χ4v) is 2.47. The molecule has 1 atom stereocenters. The summed E-state index contributed by atoms with van der Waals surface area (Å²) in [4.78, 5) is 39.2. The van der Waals surface area contributed by atoms with Gasteiger partial charge >= 0.3 is 5.97 Å². The van der Waals surface area contributed by atoms with Gasteiger partial charge in [-0.3, -0.25) is 4.79 Å². The van der Waals surface area contributed by atoms with Gasteiger partial charge in [-0.1, -0.05) is 0 Å². The molecule has 3 rings (SSSR count). The van der Waals surface area contributed by atoms with Gasteiger partial charge in [0.05, 0.1) is 20.5 Å². The highest BCUT2D eigenvalue weighted by Gasteiger charge is 2.19. The molecule has 29 heavy (non-hydrogen) atoms. The van der Waals surface area contributed by atoms with Crippen molar-refractivity contribution in [3.63, 3.8) is 0 Å². The third-order valence-electron chi connectivity index (χ3n) is 3.96. The molecule has 0 saturated carbocycles. The maximum absolute atomic E-state index is 12.3. The molecule has 0 aliphatic carbocycles. The van der Waals surface area contributed by atoms with Crippen LogP contribution in [0.3, 0.4) is 0 Å². The number of carbonyl (C=O) groups is 2. The third kappa shape index (κ3) is 4.67. The first-order valence-corrected chi connectivity index (χ1v) is 8.57. The summed E-state index contributed by atoms with van der Waals surface area (Å²) in [5, 5.41) is 2.58. The Morgan fingerprint density at radius 3 is 2.76 bits per heavy atom. The van der Waals surface area contributed by atoms with Gasteiger partial charge in [0.2, 0.25) is 0 Å². The molecule has 0 spiro atoms. The molecule has 2 N–H and O–H groups in total. The number of anilines is 1. The lowest BCUT2D eigenvalue weighted by Crippen LogP contribution is -2.29. The summed E-state index contributed by atoms with van der Waals surface area (Å²) < 4.78 is 15.6. The topological polar surface area (TPSA) is 128 Å². The summed E-state index contributed by atoms with van der Waals surface area (Å²) in [6.45, 7) is 1.46. The van der Waals surface area contributed by atoms with Crippen molar-refractivity contribution in [3.05, 3.63) is 42.5 Å². The van der Waals surface area contributed by atoms with Crippen LogP contribution >= 0.6 is 0 Å². The molecule has 150 valence electrons. The van der Waals surface area contributed by atoms with Crippen LogP contribution in [0.1, 0.15) is 12.5 Å². The summed E-state index contributed by atoms with van der Waals surface area (Å²) in [6.07, 6.45) is 4.40. The molecule has 0 radical (unpaired) electrons. The fourth-order valence-electron chi connectivity index (χ4n) is 2.47. The van der Waals surface area contributed by atoms with Crippen molar-refractivity contribution in [1.82, 2.24) is 19.9 Å². The maximum Gasteiger partial charge on any atom is 0.331 e. The van der Waals surface area contributed by atoms with E-state index in [1.165, 1.54) is 38.8 Å². The second-order valence-electron chi connectivity index (χ2n) is 5.83. The number of fused-ring (bicyclic) bond motifs is 1. The smallest absolute Gasteiger partial charge is 0.331 e. The second kappa shape index (κ2) is 8.83. The van der Waals surface area contributed by atoms with Crippen LogP contribution in [-0.4, -0.2) is 52.1 Å². The largest absolute Gasteiger partial charge is 0.497 e. The van der Waals surface area contributed by atoms with Crippen molar-refractivity contribution < 1.29 is 23.8 Å². The molecule has 3 aromatic rings. The minimum absolute atomic E-state index is 0.247. The lowest BCUT2D eigenvalue weighted by Gasteiger charge is -2.12. The van der Waals surface area contributed by atoms with Crippen LogP contribution in [0, 0.1) is 0 Å². The average Bonchev–Trinajstić information content (AvgIpc) is 3.21. The quantitative estimate of drug-likeness (QED) is 0.457. The highest BCUT2D eigenvalue weighted by Crippen LogP contribution is 2.25. The normalized spacial score (nSPS) is 12.0. The van der Waals surface area contributed by atoms with E-state index in [-0.39, 0.29) is 5.82 Å². The molecular formula is C19H19N5O5. The Kier molecular flexibility index (Phi) is 6.03. The first kappa shape index (κ1) is 19.8. The van der Waals surface area contributed by atoms with Gasteiger partial charge in [0.25, 0.3) is 5.91 Å². The monoisotopic (exact) mass is 397 g/mol. The Labute approximate surface area is 165 Å². The zero-order chi connectivity index (χ0) is 20.8. The van der Waals surface area contributed by atoms with Gasteiger partial charge in [0, 0.05) is 11.6 Å². The number of esters is 1. The van der Waals surface area contributed by atoms with Crippen molar-refractivity contribution in [2.75, 3.05) is 19.5 Å². The Morgan fingerprint density at radius 1 is 1.17 bits per heavy atom. The first-order chi connectivity index (χ1) is 14.0. The van der Waals surface area contributed by atoms with Gasteiger partial charge in [-0.2, -0.15) is 0 Å². The third-order valence-corrected chi connectivity index (χ3v) is 3.96. The number of benzene rings is 1. The van der Waals surface area contributed by atoms with E-state index < -0.39 is 18.0 Å². The van der Waals surface area contributed by atoms with Crippen LogP contribution in [0.15, 0.2) is 36.9 Å². The van der Waals surface area contributed by atoms with Gasteiger partial charge in [-0.15, -0.1) is 0 Å². The average molecular weight is 397 g/mol. The number of methoxy groups -OCH3 is 2. The van der Waals surface area contributed by atoms with Crippen molar-refractivity contribution >= 4 is 34.9 Å². The number of carbonyl (C=O) groups excluding carboxylic acids is 2. The number of ether oxygens (including phenoxy) is 3. The van der Waals surface area contributed by atoms with E-state index in [0.29, 0.717) is 28.2 Å². The molecule has 10 heteroatoms. The first-order valence-electron chi connectivity index (χ1n) is 8.57. The molecule has 10 nitrogen and oxygen atoms in total. The van der Waals surface area contributed by atoms with E-state index in [1.54, 1.807) is 25.3 Å². The molecule has 0 saturated heterocycles. The van der Waals surface area contributed by atoms with Gasteiger partial charge in [-0.25, -0.2) is 19.7 Å². The summed E-state index contributed by atoms with van der Waals surface area (Å²) in [7, 11) is 3.06. The van der Waals surface area contributed by atoms with Crippen molar-refractivity contribution in [2.24, 2.45) is 0 Å². The van der Waals surface area contributed by atoms with E-state index in [9.17, 15) is 9.59 Å². The highest BCUT2D eigenvalue weighted by atomic mass is 16.5. The number of H-pyrrole nitrogens is 1. The Bertz CT molecular complexity index is 1060. The van der Waals surface area contributed by atoms with Gasteiger partial charge in [0.1, 0.15) is 23.3 Å². The summed E-state index contributed by atoms with van der Waals surface area (Å²) >= 11 is 0. The number of imidazole rings is 1. The maximum atomic E-state index is 12.3. The predicted molar refractivity (Wildman–Crippen MR) is 104 cm³/mol.